The van der Waals surface area contributed by atoms with Crippen LogP contribution in [0, 0.1) is 0 Å². The number of nitrogens with zero attached hydrogens (tertiary/aromatic N) is 1. The van der Waals surface area contributed by atoms with Crippen molar-refractivity contribution >= 4 is 17.8 Å². The van der Waals surface area contributed by atoms with Crippen LogP contribution in [0.4, 0.5) is 0 Å². The van der Waals surface area contributed by atoms with Gasteiger partial charge in [0.05, 0.1) is 17.7 Å². The summed E-state index contributed by atoms with van der Waals surface area (Å²) in [5.41, 5.74) is 0.847. The molecule has 1 aromatic rings. The Hall–Kier alpha value is -2.43. The van der Waals surface area contributed by atoms with Gasteiger partial charge in [-0.1, -0.05) is 18.7 Å². The minimum absolute atomic E-state index is 0.138. The average molecular weight is 273 g/mol. The van der Waals surface area contributed by atoms with Gasteiger partial charge in [-0.05, 0) is 19.1 Å². The Morgan fingerprint density at radius 3 is 2.35 bits per heavy atom. The molecule has 0 bridgehead atoms. The third kappa shape index (κ3) is 2.47. The first-order valence-electron chi connectivity index (χ1n) is 6.32. The minimum atomic E-state index is -0.514. The minimum Gasteiger partial charge on any atom is -0.462 e. The molecule has 2 amide bonds. The van der Waals surface area contributed by atoms with Crippen LogP contribution in [0.1, 0.15) is 34.1 Å². The lowest BCUT2D eigenvalue weighted by atomic mass is 10.1. The second-order valence-electron chi connectivity index (χ2n) is 4.54. The largest absolute Gasteiger partial charge is 0.462 e. The number of carbonyl (C=O) groups excluding carboxylic acids is 3. The number of rotatable bonds is 5. The zero-order chi connectivity index (χ0) is 14.7. The molecule has 1 heterocycles. The second-order valence-corrected chi connectivity index (χ2v) is 4.54. The van der Waals surface area contributed by atoms with Gasteiger partial charge in [0.1, 0.15) is 0 Å². The van der Waals surface area contributed by atoms with Gasteiger partial charge in [0.25, 0.3) is 11.8 Å². The lowest BCUT2D eigenvalue weighted by molar-refractivity contribution is -0.138. The molecule has 0 saturated carbocycles. The standard InChI is InChI=1S/C15H15NO4/c1-3-13(17)20-9-8-10(2)16-14(18)11-6-4-5-7-12(11)15(16)19/h3-7,10H,1,8-9H2,2H3. The monoisotopic (exact) mass is 273 g/mol. The van der Waals surface area contributed by atoms with Crippen molar-refractivity contribution in [3.8, 4) is 0 Å². The molecule has 0 saturated heterocycles. The number of imide groups is 1. The molecule has 1 aliphatic heterocycles. The molecule has 20 heavy (non-hydrogen) atoms. The summed E-state index contributed by atoms with van der Waals surface area (Å²) in [7, 11) is 0. The third-order valence-electron chi connectivity index (χ3n) is 3.21. The highest BCUT2D eigenvalue weighted by atomic mass is 16.5. The van der Waals surface area contributed by atoms with E-state index in [-0.39, 0.29) is 24.5 Å². The van der Waals surface area contributed by atoms with Gasteiger partial charge in [-0.15, -0.1) is 0 Å². The SMILES string of the molecule is C=CC(=O)OCCC(C)N1C(=O)c2ccccc2C1=O. The van der Waals surface area contributed by atoms with Crippen LogP contribution in [-0.4, -0.2) is 35.3 Å². The zero-order valence-electron chi connectivity index (χ0n) is 11.2. The fourth-order valence-electron chi connectivity index (χ4n) is 2.13. The molecule has 2 rings (SSSR count). The van der Waals surface area contributed by atoms with Crippen LogP contribution < -0.4 is 0 Å². The summed E-state index contributed by atoms with van der Waals surface area (Å²) < 4.78 is 4.86. The van der Waals surface area contributed by atoms with Gasteiger partial charge >= 0.3 is 5.97 Å². The first-order valence-corrected chi connectivity index (χ1v) is 6.32. The lowest BCUT2D eigenvalue weighted by Crippen LogP contribution is -2.38. The molecule has 0 aromatic heterocycles. The predicted octanol–water partition coefficient (Wildman–Crippen LogP) is 1.79. The zero-order valence-corrected chi connectivity index (χ0v) is 11.2. The van der Waals surface area contributed by atoms with E-state index < -0.39 is 5.97 Å². The van der Waals surface area contributed by atoms with Gasteiger partial charge in [0.15, 0.2) is 0 Å². The molecular weight excluding hydrogens is 258 g/mol. The van der Waals surface area contributed by atoms with Crippen molar-refractivity contribution in [2.24, 2.45) is 0 Å². The number of hydrogen-bond donors (Lipinski definition) is 0. The van der Waals surface area contributed by atoms with Gasteiger partial charge < -0.3 is 4.74 Å². The number of esters is 1. The van der Waals surface area contributed by atoms with E-state index in [1.165, 1.54) is 4.90 Å². The number of ether oxygens (including phenoxy) is 1. The van der Waals surface area contributed by atoms with Crippen LogP contribution in [0.15, 0.2) is 36.9 Å². The van der Waals surface area contributed by atoms with Crippen LogP contribution in [0.2, 0.25) is 0 Å². The molecule has 0 aliphatic carbocycles. The summed E-state index contributed by atoms with van der Waals surface area (Å²) >= 11 is 0. The first-order chi connectivity index (χ1) is 9.56. The predicted molar refractivity (Wildman–Crippen MR) is 72.2 cm³/mol. The van der Waals surface area contributed by atoms with Crippen molar-refractivity contribution in [1.29, 1.82) is 0 Å². The van der Waals surface area contributed by atoms with E-state index in [1.807, 2.05) is 0 Å². The Kier molecular flexibility index (Phi) is 3.98. The third-order valence-corrected chi connectivity index (χ3v) is 3.21. The van der Waals surface area contributed by atoms with Crippen LogP contribution in [0.5, 0.6) is 0 Å². The maximum Gasteiger partial charge on any atom is 0.330 e. The van der Waals surface area contributed by atoms with Crippen molar-refractivity contribution in [1.82, 2.24) is 4.90 Å². The number of carbonyl (C=O) groups is 3. The van der Waals surface area contributed by atoms with E-state index in [0.717, 1.165) is 6.08 Å². The highest BCUT2D eigenvalue weighted by molar-refractivity contribution is 6.21. The molecule has 0 fully saturated rings. The van der Waals surface area contributed by atoms with Crippen LogP contribution >= 0.6 is 0 Å². The molecule has 1 aliphatic rings. The number of hydrogen-bond acceptors (Lipinski definition) is 4. The highest BCUT2D eigenvalue weighted by Crippen LogP contribution is 2.25. The number of fused-ring (bicyclic) bond motifs is 1. The smallest absolute Gasteiger partial charge is 0.330 e. The summed E-state index contributed by atoms with van der Waals surface area (Å²) in [6.07, 6.45) is 1.47. The Morgan fingerprint density at radius 1 is 1.30 bits per heavy atom. The van der Waals surface area contributed by atoms with Crippen LogP contribution in [-0.2, 0) is 9.53 Å². The van der Waals surface area contributed by atoms with Gasteiger partial charge in [-0.3, -0.25) is 14.5 Å². The summed E-state index contributed by atoms with van der Waals surface area (Å²) in [6, 6.07) is 6.40. The molecule has 0 spiro atoms. The Balaban J connectivity index is 2.04. The lowest BCUT2D eigenvalue weighted by Gasteiger charge is -2.22. The van der Waals surface area contributed by atoms with E-state index in [2.05, 4.69) is 6.58 Å². The molecule has 1 aromatic carbocycles. The van der Waals surface area contributed by atoms with Crippen LogP contribution in [0.25, 0.3) is 0 Å². The van der Waals surface area contributed by atoms with Crippen molar-refractivity contribution < 1.29 is 19.1 Å². The maximum atomic E-state index is 12.2. The van der Waals surface area contributed by atoms with E-state index >= 15 is 0 Å². The first kappa shape index (κ1) is 14.0. The van der Waals surface area contributed by atoms with Gasteiger partial charge in [-0.2, -0.15) is 0 Å². The van der Waals surface area contributed by atoms with Gasteiger partial charge in [0, 0.05) is 18.5 Å². The molecule has 5 nitrogen and oxygen atoms in total. The molecule has 0 N–H and O–H groups in total. The summed E-state index contributed by atoms with van der Waals surface area (Å²) in [6.45, 7) is 5.19. The molecule has 0 radical (unpaired) electrons. The summed E-state index contributed by atoms with van der Waals surface area (Å²) in [5, 5.41) is 0. The Morgan fingerprint density at radius 2 is 1.85 bits per heavy atom. The Bertz CT molecular complexity index is 544. The summed E-state index contributed by atoms with van der Waals surface area (Å²) in [5.74, 6) is -1.11. The fourth-order valence-corrected chi connectivity index (χ4v) is 2.13. The maximum absolute atomic E-state index is 12.2. The van der Waals surface area contributed by atoms with Gasteiger partial charge in [0.2, 0.25) is 0 Å². The molecule has 5 heteroatoms. The molecule has 1 atom stereocenters. The van der Waals surface area contributed by atoms with Crippen molar-refractivity contribution in [2.45, 2.75) is 19.4 Å². The van der Waals surface area contributed by atoms with Crippen molar-refractivity contribution in [2.75, 3.05) is 6.61 Å². The summed E-state index contributed by atoms with van der Waals surface area (Å²) in [4.78, 5) is 36.5. The van der Waals surface area contributed by atoms with Gasteiger partial charge in [-0.25, -0.2) is 4.79 Å². The normalized spacial score (nSPS) is 14.9. The fraction of sp³-hybridized carbons (Fsp3) is 0.267. The number of amides is 2. The quantitative estimate of drug-likeness (QED) is 0.466. The van der Waals surface area contributed by atoms with E-state index in [0.29, 0.717) is 17.5 Å². The van der Waals surface area contributed by atoms with Crippen LogP contribution in [0.3, 0.4) is 0 Å². The van der Waals surface area contributed by atoms with E-state index in [1.54, 1.807) is 31.2 Å². The highest BCUT2D eigenvalue weighted by Gasteiger charge is 2.37. The van der Waals surface area contributed by atoms with Crippen molar-refractivity contribution in [3.05, 3.63) is 48.0 Å². The molecule has 104 valence electrons. The van der Waals surface area contributed by atoms with E-state index in [9.17, 15) is 14.4 Å². The second kappa shape index (κ2) is 5.69. The average Bonchev–Trinajstić information content (AvgIpc) is 2.71. The molecular formula is C15H15NO4. The van der Waals surface area contributed by atoms with Crippen molar-refractivity contribution in [3.63, 3.8) is 0 Å². The number of benzene rings is 1. The topological polar surface area (TPSA) is 63.7 Å². The Labute approximate surface area is 116 Å². The molecule has 1 unspecified atom stereocenters. The van der Waals surface area contributed by atoms with E-state index in [4.69, 9.17) is 4.74 Å².